The van der Waals surface area contributed by atoms with Gasteiger partial charge in [0.05, 0.1) is 10.2 Å². The summed E-state index contributed by atoms with van der Waals surface area (Å²) in [7, 11) is -3.71. The molecule has 1 saturated heterocycles. The molecule has 0 bridgehead atoms. The van der Waals surface area contributed by atoms with Crippen LogP contribution in [0.1, 0.15) is 19.3 Å². The number of anilines is 1. The summed E-state index contributed by atoms with van der Waals surface area (Å²) in [6.45, 7) is 0.728. The predicted octanol–water partition coefficient (Wildman–Crippen LogP) is 2.06. The number of rotatable bonds is 4. The second-order valence-electron chi connectivity index (χ2n) is 4.73. The quantitative estimate of drug-likeness (QED) is 0.857. The minimum Gasteiger partial charge on any atom is -0.329 e. The van der Waals surface area contributed by atoms with Crippen molar-refractivity contribution in [2.75, 3.05) is 17.8 Å². The fourth-order valence-corrected chi connectivity index (χ4v) is 4.04. The summed E-state index contributed by atoms with van der Waals surface area (Å²) in [6.07, 6.45) is 2.54. The Morgan fingerprint density at radius 3 is 2.85 bits per heavy atom. The summed E-state index contributed by atoms with van der Waals surface area (Å²) in [5.74, 6) is -0.515. The topological polar surface area (TPSA) is 75.4 Å². The molecule has 1 heterocycles. The molecule has 1 unspecified atom stereocenters. The molecule has 1 aromatic rings. The van der Waals surface area contributed by atoms with Crippen molar-refractivity contribution in [1.29, 1.82) is 0 Å². The first-order valence-electron chi connectivity index (χ1n) is 6.39. The van der Waals surface area contributed by atoms with Crippen molar-refractivity contribution in [3.8, 4) is 0 Å². The van der Waals surface area contributed by atoms with Gasteiger partial charge in [-0.15, -0.1) is 0 Å². The number of benzene rings is 1. The number of nitrogens with two attached hydrogens (primary N) is 1. The first kappa shape index (κ1) is 15.7. The van der Waals surface area contributed by atoms with Gasteiger partial charge in [0.25, 0.3) is 0 Å². The van der Waals surface area contributed by atoms with E-state index in [0.29, 0.717) is 11.0 Å². The summed E-state index contributed by atoms with van der Waals surface area (Å²) in [5, 5.41) is 0. The molecular formula is C12H17BrFN3O2S. The van der Waals surface area contributed by atoms with Gasteiger partial charge in [-0.25, -0.2) is 4.39 Å². The van der Waals surface area contributed by atoms with E-state index in [1.54, 1.807) is 0 Å². The molecule has 3 N–H and O–H groups in total. The second kappa shape index (κ2) is 6.38. The number of nitrogens with one attached hydrogen (secondary N) is 1. The lowest BCUT2D eigenvalue weighted by molar-refractivity contribution is 0.259. The average Bonchev–Trinajstić information content (AvgIpc) is 2.42. The Kier molecular flexibility index (Phi) is 5.00. The van der Waals surface area contributed by atoms with E-state index in [1.165, 1.54) is 16.4 Å². The van der Waals surface area contributed by atoms with Crippen molar-refractivity contribution >= 4 is 31.8 Å². The van der Waals surface area contributed by atoms with E-state index in [4.69, 9.17) is 5.73 Å². The van der Waals surface area contributed by atoms with Gasteiger partial charge in [-0.2, -0.15) is 12.7 Å². The van der Waals surface area contributed by atoms with Gasteiger partial charge < -0.3 is 5.73 Å². The van der Waals surface area contributed by atoms with Gasteiger partial charge in [0, 0.05) is 19.1 Å². The molecule has 8 heteroatoms. The molecule has 1 aromatic carbocycles. The molecule has 20 heavy (non-hydrogen) atoms. The van der Waals surface area contributed by atoms with Crippen LogP contribution in [0, 0.1) is 5.82 Å². The van der Waals surface area contributed by atoms with E-state index in [1.807, 2.05) is 0 Å². The van der Waals surface area contributed by atoms with Crippen LogP contribution < -0.4 is 10.5 Å². The van der Waals surface area contributed by atoms with E-state index in [-0.39, 0.29) is 18.3 Å². The normalized spacial score (nSPS) is 20.9. The van der Waals surface area contributed by atoms with Gasteiger partial charge >= 0.3 is 10.2 Å². The highest BCUT2D eigenvalue weighted by atomic mass is 79.9. The smallest absolute Gasteiger partial charge is 0.301 e. The lowest BCUT2D eigenvalue weighted by atomic mass is 10.1. The number of nitrogens with zero attached hydrogens (tertiary/aromatic N) is 1. The van der Waals surface area contributed by atoms with Crippen LogP contribution in [0.5, 0.6) is 0 Å². The minimum absolute atomic E-state index is 0.193. The largest absolute Gasteiger partial charge is 0.329 e. The molecule has 1 atom stereocenters. The van der Waals surface area contributed by atoms with Crippen molar-refractivity contribution in [3.05, 3.63) is 28.5 Å². The Hall–Kier alpha value is -0.700. The summed E-state index contributed by atoms with van der Waals surface area (Å²) in [5.41, 5.74) is 5.83. The van der Waals surface area contributed by atoms with Gasteiger partial charge in [-0.05, 0) is 47.0 Å². The highest BCUT2D eigenvalue weighted by Gasteiger charge is 2.31. The zero-order valence-electron chi connectivity index (χ0n) is 10.9. The van der Waals surface area contributed by atoms with Gasteiger partial charge in [0.2, 0.25) is 0 Å². The third kappa shape index (κ3) is 3.49. The highest BCUT2D eigenvalue weighted by molar-refractivity contribution is 9.10. The Balaban J connectivity index is 2.19. The van der Waals surface area contributed by atoms with E-state index < -0.39 is 16.0 Å². The Bertz CT molecular complexity index is 582. The summed E-state index contributed by atoms with van der Waals surface area (Å²) in [4.78, 5) is 0. The van der Waals surface area contributed by atoms with Crippen molar-refractivity contribution in [2.24, 2.45) is 5.73 Å². The Morgan fingerprint density at radius 1 is 1.45 bits per heavy atom. The molecule has 0 aliphatic carbocycles. The molecule has 0 saturated carbocycles. The highest BCUT2D eigenvalue weighted by Crippen LogP contribution is 2.24. The predicted molar refractivity (Wildman–Crippen MR) is 80.0 cm³/mol. The summed E-state index contributed by atoms with van der Waals surface area (Å²) < 4.78 is 42.2. The van der Waals surface area contributed by atoms with E-state index in [9.17, 15) is 12.8 Å². The molecule has 0 spiro atoms. The third-order valence-corrected chi connectivity index (χ3v) is 5.56. The van der Waals surface area contributed by atoms with Crippen LogP contribution in [0.2, 0.25) is 0 Å². The molecule has 0 aromatic heterocycles. The molecule has 1 fully saturated rings. The number of halogens is 2. The van der Waals surface area contributed by atoms with Gasteiger partial charge in [-0.1, -0.05) is 6.42 Å². The molecule has 1 aliphatic rings. The van der Waals surface area contributed by atoms with Gasteiger partial charge in [-0.3, -0.25) is 4.72 Å². The second-order valence-corrected chi connectivity index (χ2v) is 7.21. The molecular weight excluding hydrogens is 349 g/mol. The minimum atomic E-state index is -3.71. The molecule has 1 aliphatic heterocycles. The molecule has 112 valence electrons. The van der Waals surface area contributed by atoms with Crippen LogP contribution >= 0.6 is 15.9 Å². The number of hydrogen-bond donors (Lipinski definition) is 2. The lowest BCUT2D eigenvalue weighted by Gasteiger charge is -2.33. The maximum Gasteiger partial charge on any atom is 0.301 e. The molecule has 0 amide bonds. The van der Waals surface area contributed by atoms with Crippen molar-refractivity contribution in [2.45, 2.75) is 25.3 Å². The maximum atomic E-state index is 13.4. The van der Waals surface area contributed by atoms with Crippen LogP contribution in [-0.4, -0.2) is 31.9 Å². The number of piperidine rings is 1. The van der Waals surface area contributed by atoms with Crippen molar-refractivity contribution in [3.63, 3.8) is 0 Å². The summed E-state index contributed by atoms with van der Waals surface area (Å²) in [6, 6.07) is 3.92. The van der Waals surface area contributed by atoms with E-state index in [2.05, 4.69) is 20.7 Å². The summed E-state index contributed by atoms with van der Waals surface area (Å²) >= 11 is 3.03. The first-order valence-corrected chi connectivity index (χ1v) is 8.62. The zero-order chi connectivity index (χ0) is 14.8. The lowest BCUT2D eigenvalue weighted by Crippen LogP contribution is -2.49. The SMILES string of the molecule is NCC1CCCCN1S(=O)(=O)Nc1ccc(Br)c(F)c1. The Labute approximate surface area is 126 Å². The first-order chi connectivity index (χ1) is 9.44. The average molecular weight is 366 g/mol. The van der Waals surface area contributed by atoms with E-state index in [0.717, 1.165) is 25.3 Å². The third-order valence-electron chi connectivity index (χ3n) is 3.32. The van der Waals surface area contributed by atoms with E-state index >= 15 is 0 Å². The van der Waals surface area contributed by atoms with Crippen LogP contribution in [0.4, 0.5) is 10.1 Å². The number of hydrogen-bond acceptors (Lipinski definition) is 3. The van der Waals surface area contributed by atoms with Crippen LogP contribution in [-0.2, 0) is 10.2 Å². The fourth-order valence-electron chi connectivity index (χ4n) is 2.29. The van der Waals surface area contributed by atoms with Crippen molar-refractivity contribution in [1.82, 2.24) is 4.31 Å². The van der Waals surface area contributed by atoms with Gasteiger partial charge in [0.15, 0.2) is 0 Å². The standard InChI is InChI=1S/C12H17BrFN3O2S/c13-11-5-4-9(7-12(11)14)16-20(18,19)17-6-2-1-3-10(17)8-15/h4-5,7,10,16H,1-3,6,8,15H2. The van der Waals surface area contributed by atoms with Crippen LogP contribution in [0.25, 0.3) is 0 Å². The van der Waals surface area contributed by atoms with Crippen molar-refractivity contribution < 1.29 is 12.8 Å². The Morgan fingerprint density at radius 2 is 2.20 bits per heavy atom. The molecule has 0 radical (unpaired) electrons. The molecule has 2 rings (SSSR count). The maximum absolute atomic E-state index is 13.4. The zero-order valence-corrected chi connectivity index (χ0v) is 13.3. The van der Waals surface area contributed by atoms with Gasteiger partial charge in [0.1, 0.15) is 5.82 Å². The van der Waals surface area contributed by atoms with Crippen LogP contribution in [0.3, 0.4) is 0 Å². The fraction of sp³-hybridized carbons (Fsp3) is 0.500. The molecule has 5 nitrogen and oxygen atoms in total. The monoisotopic (exact) mass is 365 g/mol. The van der Waals surface area contributed by atoms with Crippen LogP contribution in [0.15, 0.2) is 22.7 Å².